The molecule has 2 aliphatic carbocycles. The summed E-state index contributed by atoms with van der Waals surface area (Å²) in [5, 5.41) is 0. The van der Waals surface area contributed by atoms with Crippen LogP contribution in [0.5, 0.6) is 46.0 Å². The summed E-state index contributed by atoms with van der Waals surface area (Å²) in [6.45, 7) is 13.8. The number of methoxy groups -OCH3 is 12. The second-order valence-electron chi connectivity index (χ2n) is 30.9. The highest BCUT2D eigenvalue weighted by atomic mass is 79.9. The minimum atomic E-state index is -5.62. The van der Waals surface area contributed by atoms with Crippen molar-refractivity contribution in [1.82, 2.24) is 0 Å². The number of alkyl halides is 6. The number of ether oxygens (including phenoxy) is 12. The largest absolute Gasteiger partial charge is 0.497 e. The van der Waals surface area contributed by atoms with Crippen LogP contribution in [0.25, 0.3) is 0 Å². The van der Waals surface area contributed by atoms with E-state index in [9.17, 15) is 34.8 Å². The lowest BCUT2D eigenvalue weighted by molar-refractivity contribution is -0.288. The van der Waals surface area contributed by atoms with Crippen molar-refractivity contribution >= 4 is 73.6 Å². The molecular weight excluding hydrogens is 1880 g/mol. The molecule has 0 atom stereocenters. The Hall–Kier alpha value is -8.11. The van der Waals surface area contributed by atoms with Crippen molar-refractivity contribution in [2.24, 2.45) is 17.3 Å². The Morgan fingerprint density at radius 3 is 0.750 bits per heavy atom. The number of benzene rings is 10. The molecule has 0 spiro atoms. The molecule has 0 amide bonds. The van der Waals surface area contributed by atoms with Crippen LogP contribution in [-0.4, -0.2) is 133 Å². The van der Waals surface area contributed by atoms with Gasteiger partial charge in [0.05, 0.1) is 96.8 Å². The predicted molar refractivity (Wildman–Crippen MR) is 498 cm³/mol. The normalized spacial score (nSPS) is 15.1. The lowest BCUT2D eigenvalue weighted by Crippen LogP contribution is -2.54. The molecule has 0 saturated heterocycles. The summed E-state index contributed by atoms with van der Waals surface area (Å²) < 4.78 is 172. The zero-order chi connectivity index (χ0) is 92.2. The molecule has 676 valence electrons. The topological polar surface area (TPSA) is 145 Å². The Kier molecular flexibility index (Phi) is 43.8. The van der Waals surface area contributed by atoms with Gasteiger partial charge in [0.1, 0.15) is 46.0 Å². The van der Waals surface area contributed by atoms with Crippen LogP contribution in [0.4, 0.5) is 26.3 Å². The third-order valence-corrected chi connectivity index (χ3v) is 26.5. The Balaban J connectivity index is 0.000000263. The number of hydrogen-bond donors (Lipinski definition) is 0. The van der Waals surface area contributed by atoms with Crippen LogP contribution in [-0.2, 0) is 51.5 Å². The maximum Gasteiger partial charge on any atom is 0.411 e. The molecule has 0 heterocycles. The summed E-state index contributed by atoms with van der Waals surface area (Å²) >= 11 is 14.3. The highest BCUT2D eigenvalue weighted by Crippen LogP contribution is 2.57. The summed E-state index contributed by atoms with van der Waals surface area (Å²) in [6, 6.07) is 65.8. The zero-order valence-corrected chi connectivity index (χ0v) is 81.7. The fourth-order valence-corrected chi connectivity index (χ4v) is 19.0. The minimum absolute atomic E-state index is 0.0431. The molecule has 2 saturated carbocycles. The second kappa shape index (κ2) is 51.0. The van der Waals surface area contributed by atoms with Gasteiger partial charge in [-0.1, -0.05) is 151 Å². The van der Waals surface area contributed by atoms with E-state index >= 15 is 0 Å². The van der Waals surface area contributed by atoms with Crippen LogP contribution < -0.4 is 37.9 Å². The van der Waals surface area contributed by atoms with Gasteiger partial charge >= 0.3 is 12.4 Å². The summed E-state index contributed by atoms with van der Waals surface area (Å²) in [5.74, 6) is 6.67. The molecule has 0 bridgehead atoms. The van der Waals surface area contributed by atoms with Gasteiger partial charge in [-0.2, -0.15) is 26.3 Å². The van der Waals surface area contributed by atoms with Gasteiger partial charge in [-0.3, -0.25) is 0 Å². The van der Waals surface area contributed by atoms with Gasteiger partial charge < -0.3 is 56.8 Å². The van der Waals surface area contributed by atoms with E-state index in [0.29, 0.717) is 29.1 Å². The van der Waals surface area contributed by atoms with E-state index in [4.69, 9.17) is 47.4 Å². The molecule has 14 nitrogen and oxygen atoms in total. The van der Waals surface area contributed by atoms with E-state index in [1.54, 1.807) is 81.1 Å². The first-order valence-electron chi connectivity index (χ1n) is 40.1. The Morgan fingerprint density at radius 2 is 0.532 bits per heavy atom. The van der Waals surface area contributed by atoms with Gasteiger partial charge in [-0.25, -0.2) is 8.42 Å². The first kappa shape index (κ1) is 106. The first-order chi connectivity index (χ1) is 58.8. The van der Waals surface area contributed by atoms with E-state index in [1.165, 1.54) is 137 Å². The highest BCUT2D eigenvalue weighted by molar-refractivity contribution is 9.11. The fraction of sp³-hybridized carbons (Fsp3) is 0.394. The fourth-order valence-electron chi connectivity index (χ4n) is 14.7. The van der Waals surface area contributed by atoms with Gasteiger partial charge in [0.25, 0.3) is 0 Å². The molecule has 0 N–H and O–H groups in total. The number of sulfone groups is 1. The molecule has 124 heavy (non-hydrogen) atoms. The molecule has 10 aromatic carbocycles. The van der Waals surface area contributed by atoms with E-state index in [-0.39, 0.29) is 32.1 Å². The molecule has 0 unspecified atom stereocenters. The average Bonchev–Trinajstić information content (AvgIpc) is 0.714. The monoisotopic (exact) mass is 1990 g/mol. The van der Waals surface area contributed by atoms with E-state index < -0.39 is 38.7 Å². The van der Waals surface area contributed by atoms with Crippen LogP contribution in [0.3, 0.4) is 0 Å². The number of rotatable bonds is 22. The quantitative estimate of drug-likeness (QED) is 0.0593. The van der Waals surface area contributed by atoms with Gasteiger partial charge in [0.15, 0.2) is 0 Å². The van der Waals surface area contributed by atoms with Crippen LogP contribution in [0.2, 0.25) is 0 Å². The second-order valence-corrected chi connectivity index (χ2v) is 36.3. The summed E-state index contributed by atoms with van der Waals surface area (Å²) in [5.41, 5.74) is 1.79. The molecule has 0 radical (unpaired) electrons. The predicted octanol–water partition coefficient (Wildman–Crippen LogP) is 27.0. The molecule has 10 aromatic rings. The Bertz CT molecular complexity index is 4500. The maximum atomic E-state index is 13.8. The molecule has 2 aliphatic rings. The number of hydrogen-bond acceptors (Lipinski definition) is 14. The van der Waals surface area contributed by atoms with Crippen LogP contribution >= 0.6 is 63.7 Å². The van der Waals surface area contributed by atoms with Crippen LogP contribution in [0.15, 0.2) is 258 Å². The highest BCUT2D eigenvalue weighted by Gasteiger charge is 2.72. The minimum Gasteiger partial charge on any atom is -0.497 e. The zero-order valence-electron chi connectivity index (χ0n) is 74.5. The summed E-state index contributed by atoms with van der Waals surface area (Å²) in [7, 11) is 19.0. The standard InChI is InChI=1S/C17H16Br4O2.C17H14F6O2.C17H32O2.C17H20O2.C14H14O4S.C13H12.2C2H6O/c1-17(2,9-5-11(18)15(22-3)12(19)6-9)10-7-13(20)16(23-4)14(21)8-10;1-24-13-7-3-11(4-8-13)15(16(18,19)20,17(21,22)23)12-5-9-14(25-2)10-6-12;2*1-17(2,13-5-9-15(18-3)10-6-13)14-7-11-16(19-4)12-8-14;1-17-11-3-7-13(8-4-11)19(15,16)14-9-5-12(18-2)6-10-14;1-3-7-12(8-4-1)11-13-9-5-2-6-10-13;2*1-3-2/h5-8H,1-4H3;3-10H,1-2H3;13-16H,5-12H2,1-4H3;5-12H,1-4H3;3-10H,1-2H3;1-10H,11H2;2*1-2H3. The first-order valence-corrected chi connectivity index (χ1v) is 44.7. The van der Waals surface area contributed by atoms with Gasteiger partial charge in [-0.05, 0) is 305 Å². The third-order valence-electron chi connectivity index (χ3n) is 22.3. The Labute approximate surface area is 765 Å². The lowest BCUT2D eigenvalue weighted by Gasteiger charge is -2.46. The third kappa shape index (κ3) is 29.5. The lowest BCUT2D eigenvalue weighted by atomic mass is 9.60. The van der Waals surface area contributed by atoms with Crippen molar-refractivity contribution in [3.8, 4) is 46.0 Å². The van der Waals surface area contributed by atoms with Gasteiger partial charge in [-0.15, -0.1) is 0 Å². The average molecular weight is 2000 g/mol. The van der Waals surface area contributed by atoms with Gasteiger partial charge in [0, 0.05) is 53.5 Å². The van der Waals surface area contributed by atoms with E-state index in [0.717, 1.165) is 108 Å². The summed E-state index contributed by atoms with van der Waals surface area (Å²) in [4.78, 5) is 0.469. The van der Waals surface area contributed by atoms with Crippen molar-refractivity contribution in [2.75, 3.05) is 99.5 Å². The molecule has 0 aromatic heterocycles. The van der Waals surface area contributed by atoms with Crippen molar-refractivity contribution in [2.45, 2.75) is 150 Å². The Morgan fingerprint density at radius 1 is 0.306 bits per heavy atom. The molecule has 12 rings (SSSR count). The van der Waals surface area contributed by atoms with Crippen molar-refractivity contribution in [3.05, 3.63) is 293 Å². The van der Waals surface area contributed by atoms with Gasteiger partial charge in [0.2, 0.25) is 15.3 Å². The van der Waals surface area contributed by atoms with E-state index in [1.807, 2.05) is 38.5 Å². The maximum absolute atomic E-state index is 13.8. The van der Waals surface area contributed by atoms with Crippen LogP contribution in [0, 0.1) is 17.3 Å². The molecule has 0 aliphatic heterocycles. The van der Waals surface area contributed by atoms with E-state index in [2.05, 4.69) is 224 Å². The molecule has 2 fully saturated rings. The molecule has 25 heteroatoms. The van der Waals surface area contributed by atoms with Crippen molar-refractivity contribution in [3.63, 3.8) is 0 Å². The SMILES string of the molecule is COC.COC.COC1CCC(C(C)(C)C2CCC(OC)CC2)CC1.COc1c(Br)cc(C(C)(C)c2cc(Br)c(OC)c(Br)c2)cc1Br.COc1ccc(C(C)(C)c2ccc(OC)cc2)cc1.COc1ccc(C(c2ccc(OC)cc2)(C(F)(F)F)C(F)(F)F)cc1.COc1ccc(S(=O)(=O)c2ccc(OC)cc2)cc1.c1ccc(Cc2ccccc2)cc1. The molecular formula is C99H120Br4F6O14S. The smallest absolute Gasteiger partial charge is 0.411 e. The summed E-state index contributed by atoms with van der Waals surface area (Å²) in [6.07, 6.45) is 1.32. The van der Waals surface area contributed by atoms with Crippen LogP contribution in [0.1, 0.15) is 137 Å². The van der Waals surface area contributed by atoms with Crippen molar-refractivity contribution in [1.29, 1.82) is 0 Å². The number of halogens is 10. The van der Waals surface area contributed by atoms with Crippen molar-refractivity contribution < 1.29 is 91.6 Å².